The van der Waals surface area contributed by atoms with Gasteiger partial charge in [0.15, 0.2) is 0 Å². The average Bonchev–Trinajstić information content (AvgIpc) is 2.21. The molecule has 0 fully saturated rings. The van der Waals surface area contributed by atoms with Gasteiger partial charge in [0.1, 0.15) is 0 Å². The minimum Gasteiger partial charge on any atom is -0.0914 e. The molecule has 0 saturated carbocycles. The van der Waals surface area contributed by atoms with Crippen molar-refractivity contribution in [1.82, 2.24) is 0 Å². The van der Waals surface area contributed by atoms with Gasteiger partial charge in [0.05, 0.1) is 0 Å². The van der Waals surface area contributed by atoms with Gasteiger partial charge in [-0.3, -0.25) is 0 Å². The van der Waals surface area contributed by atoms with Crippen LogP contribution in [0, 0.1) is 6.58 Å². The van der Waals surface area contributed by atoms with Crippen molar-refractivity contribution in [3.05, 3.63) is 49.1 Å². The van der Waals surface area contributed by atoms with E-state index in [1.165, 1.54) is 12.8 Å². The smallest absolute Gasteiger partial charge is 0.0166 e. The first-order valence-electron chi connectivity index (χ1n) is 5.36. The van der Waals surface area contributed by atoms with Crippen molar-refractivity contribution in [2.45, 2.75) is 39.0 Å². The Bertz CT molecular complexity index is 194. The normalized spacial score (nSPS) is 12.1. The van der Waals surface area contributed by atoms with Crippen molar-refractivity contribution in [2.75, 3.05) is 0 Å². The van der Waals surface area contributed by atoms with E-state index in [1.807, 2.05) is 6.92 Å². The van der Waals surface area contributed by atoms with E-state index in [2.05, 4.69) is 36.5 Å². The Hall–Kier alpha value is -1.04. The number of hydrogen-bond acceptors (Lipinski definition) is 0. The first-order valence-corrected chi connectivity index (χ1v) is 5.36. The molecule has 0 unspecified atom stereocenters. The summed E-state index contributed by atoms with van der Waals surface area (Å²) < 4.78 is 0. The number of unbranched alkanes of at least 4 members (excludes halogenated alkanes) is 2. The van der Waals surface area contributed by atoms with E-state index in [1.54, 1.807) is 6.08 Å². The van der Waals surface area contributed by atoms with Crippen LogP contribution in [0.4, 0.5) is 0 Å². The predicted molar refractivity (Wildman–Crippen MR) is 65.0 cm³/mol. The van der Waals surface area contributed by atoms with Crippen LogP contribution in [0.1, 0.15) is 39.0 Å². The molecule has 0 N–H and O–H groups in total. The lowest BCUT2D eigenvalue weighted by Gasteiger charge is -1.89. The van der Waals surface area contributed by atoms with Crippen LogP contribution in [-0.4, -0.2) is 0 Å². The van der Waals surface area contributed by atoms with Crippen LogP contribution >= 0.6 is 0 Å². The van der Waals surface area contributed by atoms with E-state index in [0.717, 1.165) is 19.3 Å². The lowest BCUT2D eigenvalue weighted by atomic mass is 10.2. The van der Waals surface area contributed by atoms with Gasteiger partial charge in [-0.05, 0) is 39.0 Å². The molecule has 14 heavy (non-hydrogen) atoms. The minimum absolute atomic E-state index is 0.886. The van der Waals surface area contributed by atoms with Crippen molar-refractivity contribution in [2.24, 2.45) is 0 Å². The van der Waals surface area contributed by atoms with Crippen LogP contribution in [0.3, 0.4) is 0 Å². The van der Waals surface area contributed by atoms with Gasteiger partial charge < -0.3 is 0 Å². The molecule has 0 aromatic carbocycles. The topological polar surface area (TPSA) is 0 Å². The molecular formula is C14H21. The van der Waals surface area contributed by atoms with E-state index >= 15 is 0 Å². The van der Waals surface area contributed by atoms with Gasteiger partial charge in [-0.15, -0.1) is 0 Å². The third-order valence-corrected chi connectivity index (χ3v) is 1.85. The minimum atomic E-state index is 0.886. The third-order valence-electron chi connectivity index (χ3n) is 1.85. The fraction of sp³-hybridized carbons (Fsp3) is 0.429. The molecule has 0 aromatic heterocycles. The molecule has 0 nitrogen and oxygen atoms in total. The highest BCUT2D eigenvalue weighted by atomic mass is 13.9. The summed E-state index contributed by atoms with van der Waals surface area (Å²) in [5, 5.41) is 0. The maximum Gasteiger partial charge on any atom is -0.0166 e. The molecule has 0 atom stereocenters. The molecule has 0 heteroatoms. The number of allylic oxidation sites excluding steroid dienone is 7. The first kappa shape index (κ1) is 13.0. The van der Waals surface area contributed by atoms with Gasteiger partial charge >= 0.3 is 0 Å². The predicted octanol–water partition coefficient (Wildman–Crippen LogP) is 4.61. The summed E-state index contributed by atoms with van der Waals surface area (Å²) in [5.74, 6) is 0. The number of hydrogen-bond donors (Lipinski definition) is 0. The standard InChI is InChI=1S/C14H21/c1-3-5-7-9-11-13-14-12-10-8-6-4-2/h1,3-4,6-7,9-10,12H,5,8,11,13-14H2,2H3. The Morgan fingerprint density at radius 1 is 0.857 bits per heavy atom. The first-order chi connectivity index (χ1) is 6.91. The van der Waals surface area contributed by atoms with Crippen LogP contribution in [0.15, 0.2) is 42.5 Å². The second-order valence-electron chi connectivity index (χ2n) is 3.15. The summed E-state index contributed by atoms with van der Waals surface area (Å²) >= 11 is 0. The molecule has 0 aromatic rings. The van der Waals surface area contributed by atoms with Crippen molar-refractivity contribution in [1.29, 1.82) is 0 Å². The maximum atomic E-state index is 5.24. The summed E-state index contributed by atoms with van der Waals surface area (Å²) in [4.78, 5) is 0. The third kappa shape index (κ3) is 11.0. The second-order valence-corrected chi connectivity index (χ2v) is 3.15. The SMILES string of the molecule is [CH]=CCC=CCCCC=CCC=CC. The van der Waals surface area contributed by atoms with Gasteiger partial charge in [0.2, 0.25) is 0 Å². The molecule has 0 aliphatic heterocycles. The zero-order valence-corrected chi connectivity index (χ0v) is 9.15. The van der Waals surface area contributed by atoms with Gasteiger partial charge in [0.25, 0.3) is 0 Å². The van der Waals surface area contributed by atoms with E-state index in [4.69, 9.17) is 6.58 Å². The highest BCUT2D eigenvalue weighted by Gasteiger charge is 1.79. The average molecular weight is 189 g/mol. The lowest BCUT2D eigenvalue weighted by Crippen LogP contribution is -1.69. The maximum absolute atomic E-state index is 5.24. The van der Waals surface area contributed by atoms with Crippen molar-refractivity contribution >= 4 is 0 Å². The van der Waals surface area contributed by atoms with Gasteiger partial charge in [-0.25, -0.2) is 0 Å². The molecule has 0 amide bonds. The Balaban J connectivity index is 3.20. The van der Waals surface area contributed by atoms with E-state index in [0.29, 0.717) is 0 Å². The highest BCUT2D eigenvalue weighted by Crippen LogP contribution is 1.99. The molecule has 1 radical (unpaired) electrons. The monoisotopic (exact) mass is 189 g/mol. The molecule has 0 saturated heterocycles. The van der Waals surface area contributed by atoms with Crippen molar-refractivity contribution in [3.63, 3.8) is 0 Å². The summed E-state index contributed by atoms with van der Waals surface area (Å²) in [6.07, 6.45) is 20.2. The Morgan fingerprint density at radius 3 is 2.07 bits per heavy atom. The van der Waals surface area contributed by atoms with E-state index in [9.17, 15) is 0 Å². The fourth-order valence-electron chi connectivity index (χ4n) is 1.07. The zero-order valence-electron chi connectivity index (χ0n) is 9.15. The van der Waals surface area contributed by atoms with E-state index in [-0.39, 0.29) is 0 Å². The molecule has 0 spiro atoms. The Kier molecular flexibility index (Phi) is 11.1. The van der Waals surface area contributed by atoms with Crippen LogP contribution in [0.2, 0.25) is 0 Å². The Labute approximate surface area is 88.7 Å². The van der Waals surface area contributed by atoms with Crippen LogP contribution in [0.5, 0.6) is 0 Å². The Morgan fingerprint density at radius 2 is 1.50 bits per heavy atom. The molecule has 77 valence electrons. The quantitative estimate of drug-likeness (QED) is 0.386. The molecule has 0 aliphatic rings. The highest BCUT2D eigenvalue weighted by molar-refractivity contribution is 4.92. The van der Waals surface area contributed by atoms with Crippen LogP contribution in [-0.2, 0) is 0 Å². The van der Waals surface area contributed by atoms with Gasteiger partial charge in [-0.1, -0.05) is 49.1 Å². The molecule has 0 rings (SSSR count). The van der Waals surface area contributed by atoms with Crippen molar-refractivity contribution < 1.29 is 0 Å². The fourth-order valence-corrected chi connectivity index (χ4v) is 1.07. The summed E-state index contributed by atoms with van der Waals surface area (Å²) in [7, 11) is 0. The lowest BCUT2D eigenvalue weighted by molar-refractivity contribution is 0.864. The van der Waals surface area contributed by atoms with E-state index < -0.39 is 0 Å². The van der Waals surface area contributed by atoms with Crippen molar-refractivity contribution in [3.8, 4) is 0 Å². The molecule has 0 aliphatic carbocycles. The molecule has 0 heterocycles. The summed E-state index contributed by atoms with van der Waals surface area (Å²) in [6, 6.07) is 0. The molecule has 0 bridgehead atoms. The van der Waals surface area contributed by atoms with Crippen LogP contribution in [0.25, 0.3) is 0 Å². The zero-order chi connectivity index (χ0) is 10.5. The summed E-state index contributed by atoms with van der Waals surface area (Å²) in [5.41, 5.74) is 0. The van der Waals surface area contributed by atoms with Gasteiger partial charge in [0, 0.05) is 0 Å². The largest absolute Gasteiger partial charge is 0.0914 e. The second kappa shape index (κ2) is 12.0. The summed E-state index contributed by atoms with van der Waals surface area (Å²) in [6.45, 7) is 7.29. The van der Waals surface area contributed by atoms with Gasteiger partial charge in [-0.2, -0.15) is 0 Å². The van der Waals surface area contributed by atoms with Crippen LogP contribution < -0.4 is 0 Å². The number of rotatable bonds is 8. The molecular weight excluding hydrogens is 168 g/mol.